The Labute approximate surface area is 466 Å². The first-order chi connectivity index (χ1) is 40.2. The molecule has 0 atom stereocenters. The molecular weight excluding hydrogens is 1030 g/mol. The molecule has 0 fully saturated rings. The Bertz CT molecular complexity index is 4550. The van der Waals surface area contributed by atoms with Crippen molar-refractivity contribution in [2.24, 2.45) is 0 Å². The van der Waals surface area contributed by atoms with Crippen molar-refractivity contribution in [3.63, 3.8) is 0 Å². The topological polar surface area (TPSA) is 115 Å². The zero-order chi connectivity index (χ0) is 55.5. The largest absolute Gasteiger partial charge is 0.415 e. The summed E-state index contributed by atoms with van der Waals surface area (Å²) < 4.78 is 50.1. The van der Waals surface area contributed by atoms with E-state index >= 15 is 13.2 Å². The summed E-state index contributed by atoms with van der Waals surface area (Å²) in [6, 6.07) is 75.3. The average molecular weight is 1070 g/mol. The molecule has 4 aromatic heterocycles. The molecule has 4 heterocycles. The lowest BCUT2D eigenvalue weighted by Crippen LogP contribution is -2.09. The molecule has 0 bridgehead atoms. The summed E-state index contributed by atoms with van der Waals surface area (Å²) in [7, 11) is 0. The maximum Gasteiger partial charge on any atom is 0.415 e. The number of fused-ring (bicyclic) bond motifs is 6. The molecule has 386 valence electrons. The highest BCUT2D eigenvalue weighted by Gasteiger charge is 2.35. The van der Waals surface area contributed by atoms with Crippen LogP contribution in [0, 0.1) is 17.9 Å². The van der Waals surface area contributed by atoms with Crippen molar-refractivity contribution < 1.29 is 13.2 Å². The minimum Gasteiger partial charge on any atom is -0.308 e. The van der Waals surface area contributed by atoms with Crippen LogP contribution in [-0.4, -0.2) is 39.0 Å². The van der Waals surface area contributed by atoms with E-state index in [0.717, 1.165) is 49.9 Å². The molecule has 0 N–H and O–H groups in total. The number of rotatable bonds is 9. The Morgan fingerprint density at radius 1 is 0.366 bits per heavy atom. The van der Waals surface area contributed by atoms with E-state index in [9.17, 15) is 5.26 Å². The van der Waals surface area contributed by atoms with Crippen molar-refractivity contribution in [1.82, 2.24) is 39.0 Å². The van der Waals surface area contributed by atoms with Gasteiger partial charge in [0.15, 0.2) is 40.6 Å². The Morgan fingerprint density at radius 3 is 1.09 bits per heavy atom. The van der Waals surface area contributed by atoms with Crippen molar-refractivity contribution in [3.05, 3.63) is 259 Å². The van der Waals surface area contributed by atoms with Crippen LogP contribution in [0.1, 0.15) is 11.1 Å². The first kappa shape index (κ1) is 48.9. The molecule has 13 heteroatoms. The Hall–Kier alpha value is -11.4. The second kappa shape index (κ2) is 19.8. The fourth-order valence-electron chi connectivity index (χ4n) is 11.0. The minimum atomic E-state index is -4.84. The molecule has 14 rings (SSSR count). The zero-order valence-corrected chi connectivity index (χ0v) is 43.1. The molecule has 0 aliphatic carbocycles. The number of nitriles is 1. The standard InChI is InChI=1S/C69H39F3N10/c1-74-55-30-18-29-54(69(70,71)72)62(55)48-39-60(81-56-31-16-14-27-49(56)51-37-46(33-35-58(51)81)67-77-63(42-19-6-2-7-20-42)75-64(78-67)43-21-8-3-9-22-43)53(41-73)61(40-48)82-57-32-17-15-28-50(57)52-38-47(34-36-59(52)82)68-79-65(44-23-10-4-11-24-44)76-66(80-68)45-25-12-5-13-26-45/h2-40H. The Morgan fingerprint density at radius 2 is 0.720 bits per heavy atom. The highest BCUT2D eigenvalue weighted by atomic mass is 19.4. The van der Waals surface area contributed by atoms with Crippen molar-refractivity contribution in [2.75, 3.05) is 0 Å². The van der Waals surface area contributed by atoms with Gasteiger partial charge in [-0.25, -0.2) is 34.7 Å². The van der Waals surface area contributed by atoms with E-state index in [-0.39, 0.29) is 22.4 Å². The molecule has 0 saturated carbocycles. The van der Waals surface area contributed by atoms with Crippen LogP contribution >= 0.6 is 0 Å². The molecule has 14 aromatic rings. The molecule has 0 aliphatic rings. The van der Waals surface area contributed by atoms with Gasteiger partial charge in [-0.15, -0.1) is 0 Å². The van der Waals surface area contributed by atoms with Crippen molar-refractivity contribution >= 4 is 49.3 Å². The Balaban J connectivity index is 1.02. The van der Waals surface area contributed by atoms with Gasteiger partial charge in [0.05, 0.1) is 45.6 Å². The summed E-state index contributed by atoms with van der Waals surface area (Å²) >= 11 is 0. The summed E-state index contributed by atoms with van der Waals surface area (Å²) in [5, 5.41) is 14.9. The maximum absolute atomic E-state index is 15.4. The van der Waals surface area contributed by atoms with E-state index in [1.165, 1.54) is 12.1 Å². The van der Waals surface area contributed by atoms with Crippen LogP contribution in [0.25, 0.3) is 139 Å². The van der Waals surface area contributed by atoms with Gasteiger partial charge in [0.2, 0.25) is 0 Å². The van der Waals surface area contributed by atoms with Gasteiger partial charge >= 0.3 is 6.18 Å². The number of alkyl halides is 3. The quantitative estimate of drug-likeness (QED) is 0.132. The van der Waals surface area contributed by atoms with E-state index in [4.69, 9.17) is 36.5 Å². The van der Waals surface area contributed by atoms with Crippen molar-refractivity contribution in [3.8, 4) is 96.9 Å². The molecule has 10 nitrogen and oxygen atoms in total. The van der Waals surface area contributed by atoms with Crippen LogP contribution < -0.4 is 0 Å². The van der Waals surface area contributed by atoms with Gasteiger partial charge < -0.3 is 9.13 Å². The van der Waals surface area contributed by atoms with Gasteiger partial charge in [0.25, 0.3) is 0 Å². The molecule has 0 unspecified atom stereocenters. The number of nitrogens with zero attached hydrogens (tertiary/aromatic N) is 10. The molecule has 82 heavy (non-hydrogen) atoms. The van der Waals surface area contributed by atoms with Crippen LogP contribution in [-0.2, 0) is 6.18 Å². The lowest BCUT2D eigenvalue weighted by atomic mass is 9.94. The van der Waals surface area contributed by atoms with Crippen molar-refractivity contribution in [1.29, 1.82) is 5.26 Å². The number of para-hydroxylation sites is 2. The van der Waals surface area contributed by atoms with Crippen LogP contribution in [0.4, 0.5) is 18.9 Å². The van der Waals surface area contributed by atoms with Crippen LogP contribution in [0.15, 0.2) is 237 Å². The second-order valence-corrected chi connectivity index (χ2v) is 19.6. The van der Waals surface area contributed by atoms with Crippen LogP contribution in [0.3, 0.4) is 0 Å². The predicted octanol–water partition coefficient (Wildman–Crippen LogP) is 17.4. The number of benzene rings is 10. The lowest BCUT2D eigenvalue weighted by molar-refractivity contribution is -0.137. The van der Waals surface area contributed by atoms with E-state index < -0.39 is 11.7 Å². The van der Waals surface area contributed by atoms with Gasteiger partial charge in [-0.2, -0.15) is 18.4 Å². The van der Waals surface area contributed by atoms with E-state index in [1.54, 1.807) is 12.1 Å². The van der Waals surface area contributed by atoms with Gasteiger partial charge in [-0.3, -0.25) is 0 Å². The molecule has 10 aromatic carbocycles. The minimum absolute atomic E-state index is 0.0900. The molecule has 0 radical (unpaired) electrons. The van der Waals surface area contributed by atoms with Gasteiger partial charge in [0, 0.05) is 54.9 Å². The molecule has 0 saturated heterocycles. The maximum atomic E-state index is 15.4. The van der Waals surface area contributed by atoms with E-state index in [0.29, 0.717) is 79.5 Å². The summed E-state index contributed by atoms with van der Waals surface area (Å²) in [5.74, 6) is 2.84. The normalized spacial score (nSPS) is 11.6. The van der Waals surface area contributed by atoms with E-state index in [2.05, 4.69) is 10.9 Å². The second-order valence-electron chi connectivity index (χ2n) is 19.6. The third kappa shape index (κ3) is 8.45. The van der Waals surface area contributed by atoms with Gasteiger partial charge in [-0.05, 0) is 71.8 Å². The summed E-state index contributed by atoms with van der Waals surface area (Å²) in [4.78, 5) is 33.5. The van der Waals surface area contributed by atoms with Gasteiger partial charge in [-0.1, -0.05) is 176 Å². The monoisotopic (exact) mass is 1060 g/mol. The predicted molar refractivity (Wildman–Crippen MR) is 316 cm³/mol. The highest BCUT2D eigenvalue weighted by Crippen LogP contribution is 2.47. The molecule has 0 amide bonds. The molecular formula is C69H39F3N10. The van der Waals surface area contributed by atoms with Crippen LogP contribution in [0.2, 0.25) is 0 Å². The fraction of sp³-hybridized carbons (Fsp3) is 0.0145. The van der Waals surface area contributed by atoms with E-state index in [1.807, 2.05) is 215 Å². The van der Waals surface area contributed by atoms with Crippen molar-refractivity contribution in [2.45, 2.75) is 6.18 Å². The first-order valence-corrected chi connectivity index (χ1v) is 26.2. The molecule has 0 spiro atoms. The number of hydrogen-bond acceptors (Lipinski definition) is 7. The molecule has 0 aliphatic heterocycles. The number of hydrogen-bond donors (Lipinski definition) is 0. The average Bonchev–Trinajstić information content (AvgIpc) is 2.82. The number of aromatic nitrogens is 8. The summed E-state index contributed by atoms with van der Waals surface area (Å²) in [6.07, 6.45) is -4.84. The third-order valence-electron chi connectivity index (χ3n) is 14.7. The lowest BCUT2D eigenvalue weighted by Gasteiger charge is -2.21. The highest BCUT2D eigenvalue weighted by molar-refractivity contribution is 6.12. The van der Waals surface area contributed by atoms with Gasteiger partial charge in [0.1, 0.15) is 11.6 Å². The fourth-order valence-corrected chi connectivity index (χ4v) is 11.0. The number of halogens is 3. The summed E-state index contributed by atoms with van der Waals surface area (Å²) in [6.45, 7) is 8.23. The smallest absolute Gasteiger partial charge is 0.308 e. The SMILES string of the molecule is [C-]#[N+]c1cccc(C(F)(F)F)c1-c1cc(-n2c3ccccc3c3cc(-c4nc(-c5ccccc5)nc(-c5ccccc5)n4)ccc32)c(C#N)c(-n2c3ccccc3c3cc(-c4nc(-c5ccccc5)nc(-c5ccccc5)n4)ccc32)c1. The first-order valence-electron chi connectivity index (χ1n) is 26.2. The van der Waals surface area contributed by atoms with Crippen LogP contribution in [0.5, 0.6) is 0 Å². The zero-order valence-electron chi connectivity index (χ0n) is 43.1. The Kier molecular flexibility index (Phi) is 11.8. The summed E-state index contributed by atoms with van der Waals surface area (Å²) in [5.41, 5.74) is 6.71. The third-order valence-corrected chi connectivity index (χ3v) is 14.7.